The summed E-state index contributed by atoms with van der Waals surface area (Å²) in [6, 6.07) is 8.24. The van der Waals surface area contributed by atoms with Crippen molar-refractivity contribution in [2.75, 3.05) is 0 Å². The Morgan fingerprint density at radius 1 is 1.18 bits per heavy atom. The minimum Gasteiger partial charge on any atom is -0.330 e. The Kier molecular flexibility index (Phi) is 3.01. The molecule has 3 heterocycles. The van der Waals surface area contributed by atoms with Crippen LogP contribution in [0.3, 0.4) is 0 Å². The van der Waals surface area contributed by atoms with Crippen molar-refractivity contribution in [2.24, 2.45) is 4.99 Å². The van der Waals surface area contributed by atoms with E-state index in [1.807, 2.05) is 12.1 Å². The highest BCUT2D eigenvalue weighted by Crippen LogP contribution is 2.31. The molecule has 0 saturated carbocycles. The zero-order valence-corrected chi connectivity index (χ0v) is 11.1. The molecule has 2 aromatic heterocycles. The molecular weight excluding hydrogens is 272 g/mol. The Labute approximate surface area is 112 Å². The molecule has 0 aromatic carbocycles. The average Bonchev–Trinajstić information content (AvgIpc) is 3.02. The summed E-state index contributed by atoms with van der Waals surface area (Å²) in [4.78, 5) is 6.78. The summed E-state index contributed by atoms with van der Waals surface area (Å²) in [5.74, 6) is 0. The van der Waals surface area contributed by atoms with Crippen LogP contribution in [0.25, 0.3) is 5.70 Å². The lowest BCUT2D eigenvalue weighted by atomic mass is 10.2. The molecule has 0 aliphatic carbocycles. The van der Waals surface area contributed by atoms with Crippen molar-refractivity contribution in [1.82, 2.24) is 5.32 Å². The predicted molar refractivity (Wildman–Crippen MR) is 75.8 cm³/mol. The molecule has 0 amide bonds. The number of thiophene rings is 2. The Bertz CT molecular complexity index is 555. The van der Waals surface area contributed by atoms with Crippen molar-refractivity contribution < 1.29 is 0 Å². The zero-order valence-electron chi connectivity index (χ0n) is 8.76. The molecule has 1 atom stereocenters. The standard InChI is InChI=1S/C12H9ClN2S2/c13-12-14-8(10-3-1-5-16-10)7-9(15-12)11-4-2-6-17-11/h1-8H,(H,14,15). The number of nitrogens with one attached hydrogen (secondary N) is 1. The molecule has 5 heteroatoms. The Balaban J connectivity index is 1.97. The highest BCUT2D eigenvalue weighted by Gasteiger charge is 2.17. The van der Waals surface area contributed by atoms with Crippen molar-refractivity contribution in [3.8, 4) is 0 Å². The lowest BCUT2D eigenvalue weighted by Crippen LogP contribution is -2.21. The highest BCUT2D eigenvalue weighted by atomic mass is 35.5. The van der Waals surface area contributed by atoms with Crippen LogP contribution in [0.15, 0.2) is 46.1 Å². The zero-order chi connectivity index (χ0) is 11.7. The molecule has 2 nitrogen and oxygen atoms in total. The monoisotopic (exact) mass is 280 g/mol. The third-order valence-corrected chi connectivity index (χ3v) is 4.47. The van der Waals surface area contributed by atoms with Gasteiger partial charge < -0.3 is 5.32 Å². The Morgan fingerprint density at radius 3 is 2.71 bits per heavy atom. The second-order valence-corrected chi connectivity index (χ2v) is 5.85. The van der Waals surface area contributed by atoms with Gasteiger partial charge in [-0.3, -0.25) is 0 Å². The van der Waals surface area contributed by atoms with E-state index >= 15 is 0 Å². The molecular formula is C12H9ClN2S2. The summed E-state index contributed by atoms with van der Waals surface area (Å²) in [7, 11) is 0. The third kappa shape index (κ3) is 2.29. The molecule has 1 unspecified atom stereocenters. The number of hydrogen-bond donors (Lipinski definition) is 1. The summed E-state index contributed by atoms with van der Waals surface area (Å²) in [6.07, 6.45) is 2.11. The summed E-state index contributed by atoms with van der Waals surface area (Å²) in [5, 5.41) is 7.66. The van der Waals surface area contributed by atoms with E-state index in [4.69, 9.17) is 11.6 Å². The van der Waals surface area contributed by atoms with Crippen molar-refractivity contribution >= 4 is 45.3 Å². The first kappa shape index (κ1) is 11.0. The summed E-state index contributed by atoms with van der Waals surface area (Å²) >= 11 is 9.43. The lowest BCUT2D eigenvalue weighted by Gasteiger charge is -2.17. The molecule has 0 saturated heterocycles. The van der Waals surface area contributed by atoms with Gasteiger partial charge in [0.2, 0.25) is 0 Å². The van der Waals surface area contributed by atoms with Crippen LogP contribution in [-0.4, -0.2) is 5.29 Å². The fourth-order valence-corrected chi connectivity index (χ4v) is 3.33. The Morgan fingerprint density at radius 2 is 2.00 bits per heavy atom. The molecule has 0 bridgehead atoms. The maximum Gasteiger partial charge on any atom is 0.196 e. The molecule has 1 aliphatic rings. The van der Waals surface area contributed by atoms with Crippen LogP contribution in [0.2, 0.25) is 0 Å². The third-order valence-electron chi connectivity index (χ3n) is 2.44. The topological polar surface area (TPSA) is 24.4 Å². The van der Waals surface area contributed by atoms with Crippen LogP contribution in [0.4, 0.5) is 0 Å². The van der Waals surface area contributed by atoms with Crippen LogP contribution < -0.4 is 5.32 Å². The maximum absolute atomic E-state index is 6.05. The van der Waals surface area contributed by atoms with Crippen LogP contribution in [0.5, 0.6) is 0 Å². The van der Waals surface area contributed by atoms with Crippen LogP contribution in [0, 0.1) is 0 Å². The van der Waals surface area contributed by atoms with Crippen molar-refractivity contribution in [2.45, 2.75) is 6.04 Å². The van der Waals surface area contributed by atoms with E-state index in [-0.39, 0.29) is 6.04 Å². The Hall–Kier alpha value is -1.10. The molecule has 0 radical (unpaired) electrons. The molecule has 1 N–H and O–H groups in total. The van der Waals surface area contributed by atoms with Gasteiger partial charge in [0, 0.05) is 4.88 Å². The fourth-order valence-electron chi connectivity index (χ4n) is 1.68. The molecule has 0 fully saturated rings. The first-order valence-corrected chi connectivity index (χ1v) is 7.26. The smallest absolute Gasteiger partial charge is 0.196 e. The van der Waals surface area contributed by atoms with Crippen molar-refractivity contribution in [3.05, 3.63) is 50.9 Å². The minimum absolute atomic E-state index is 0.0286. The molecule has 1 aliphatic heterocycles. The minimum atomic E-state index is 0.0286. The number of halogens is 1. The second kappa shape index (κ2) is 4.64. The predicted octanol–water partition coefficient (Wildman–Crippen LogP) is 4.09. The van der Waals surface area contributed by atoms with Gasteiger partial charge in [-0.2, -0.15) is 0 Å². The first-order valence-electron chi connectivity index (χ1n) is 5.12. The van der Waals surface area contributed by atoms with Gasteiger partial charge in [-0.1, -0.05) is 12.1 Å². The maximum atomic E-state index is 6.05. The van der Waals surface area contributed by atoms with Crippen molar-refractivity contribution in [3.63, 3.8) is 0 Å². The second-order valence-electron chi connectivity index (χ2n) is 3.56. The molecule has 2 aromatic rings. The van der Waals surface area contributed by atoms with E-state index in [1.165, 1.54) is 9.75 Å². The molecule has 86 valence electrons. The summed E-state index contributed by atoms with van der Waals surface area (Å²) < 4.78 is 0. The number of nitrogens with zero attached hydrogens (tertiary/aromatic N) is 1. The first-order chi connectivity index (χ1) is 8.33. The summed E-state index contributed by atoms with van der Waals surface area (Å²) in [5.41, 5.74) is 1.04. The van der Waals surface area contributed by atoms with Crippen LogP contribution in [-0.2, 0) is 0 Å². The SMILES string of the molecule is ClC1=NC(c2cccs2)C=C(c2cccs2)N1. The van der Waals surface area contributed by atoms with Gasteiger partial charge in [0.25, 0.3) is 0 Å². The van der Waals surface area contributed by atoms with Gasteiger partial charge in [-0.25, -0.2) is 4.99 Å². The van der Waals surface area contributed by atoms with Gasteiger partial charge in [0.1, 0.15) is 6.04 Å². The largest absolute Gasteiger partial charge is 0.330 e. The quantitative estimate of drug-likeness (QED) is 0.823. The fraction of sp³-hybridized carbons (Fsp3) is 0.0833. The number of rotatable bonds is 2. The van der Waals surface area contributed by atoms with Crippen molar-refractivity contribution in [1.29, 1.82) is 0 Å². The van der Waals surface area contributed by atoms with Gasteiger partial charge in [0.15, 0.2) is 5.29 Å². The molecule has 3 rings (SSSR count). The highest BCUT2D eigenvalue weighted by molar-refractivity contribution is 7.11. The van der Waals surface area contributed by atoms with E-state index in [9.17, 15) is 0 Å². The molecule has 0 spiro atoms. The van der Waals surface area contributed by atoms with E-state index in [2.05, 4.69) is 39.3 Å². The van der Waals surface area contributed by atoms with Crippen LogP contribution >= 0.6 is 34.3 Å². The van der Waals surface area contributed by atoms with E-state index in [0.717, 1.165) is 5.70 Å². The van der Waals surface area contributed by atoms with Crippen LogP contribution in [0.1, 0.15) is 15.8 Å². The number of aliphatic imine (C=N–C) groups is 1. The van der Waals surface area contributed by atoms with E-state index in [0.29, 0.717) is 5.29 Å². The lowest BCUT2D eigenvalue weighted by molar-refractivity contribution is 0.910. The van der Waals surface area contributed by atoms with Gasteiger partial charge in [-0.05, 0) is 40.6 Å². The number of hydrogen-bond acceptors (Lipinski definition) is 4. The van der Waals surface area contributed by atoms with E-state index in [1.54, 1.807) is 22.7 Å². The van der Waals surface area contributed by atoms with Gasteiger partial charge in [-0.15, -0.1) is 22.7 Å². The average molecular weight is 281 g/mol. The molecule has 17 heavy (non-hydrogen) atoms. The van der Waals surface area contributed by atoms with Gasteiger partial charge >= 0.3 is 0 Å². The van der Waals surface area contributed by atoms with Gasteiger partial charge in [0.05, 0.1) is 10.6 Å². The summed E-state index contributed by atoms with van der Waals surface area (Å²) in [6.45, 7) is 0. The number of amidine groups is 1. The normalized spacial score (nSPS) is 19.5. The van der Waals surface area contributed by atoms with E-state index < -0.39 is 0 Å².